The molecule has 0 unspecified atom stereocenters. The lowest BCUT2D eigenvalue weighted by atomic mass is 9.86. The first-order chi connectivity index (χ1) is 13.5. The van der Waals surface area contributed by atoms with Crippen LogP contribution in [0.4, 0.5) is 5.69 Å². The predicted octanol–water partition coefficient (Wildman–Crippen LogP) is 2.62. The van der Waals surface area contributed by atoms with E-state index in [9.17, 15) is 13.2 Å². The fraction of sp³-hybridized carbons (Fsp3) is 0.667. The third-order valence-corrected chi connectivity index (χ3v) is 7.81. The second-order valence-electron chi connectivity index (χ2n) is 7.93. The van der Waals surface area contributed by atoms with Crippen molar-refractivity contribution in [3.05, 3.63) is 30.3 Å². The van der Waals surface area contributed by atoms with Crippen LogP contribution in [0.3, 0.4) is 0 Å². The molecule has 3 rings (SSSR count). The first-order valence-corrected chi connectivity index (χ1v) is 12.2. The van der Waals surface area contributed by atoms with Gasteiger partial charge in [-0.05, 0) is 24.5 Å². The number of piperazine rings is 1. The smallest absolute Gasteiger partial charge is 0.220 e. The van der Waals surface area contributed by atoms with Crippen LogP contribution in [0.25, 0.3) is 0 Å². The first-order valence-electron chi connectivity index (χ1n) is 10.6. The van der Waals surface area contributed by atoms with Crippen LogP contribution in [-0.4, -0.2) is 57.1 Å². The molecule has 2 fully saturated rings. The van der Waals surface area contributed by atoms with Gasteiger partial charge >= 0.3 is 0 Å². The van der Waals surface area contributed by atoms with Gasteiger partial charge in [0.2, 0.25) is 15.9 Å². The number of carbonyl (C=O) groups excluding carboxylic acids is 1. The maximum atomic E-state index is 12.6. The second kappa shape index (κ2) is 10.3. The van der Waals surface area contributed by atoms with Crippen molar-refractivity contribution >= 4 is 21.6 Å². The summed E-state index contributed by atoms with van der Waals surface area (Å²) in [5, 5.41) is 2.80. The number of nitrogens with zero attached hydrogens (tertiary/aromatic N) is 2. The Bertz CT molecular complexity index is 710. The van der Waals surface area contributed by atoms with Crippen molar-refractivity contribution in [1.29, 1.82) is 0 Å². The minimum absolute atomic E-state index is 0.0188. The number of hydrogen-bond acceptors (Lipinski definition) is 4. The Morgan fingerprint density at radius 3 is 2.36 bits per heavy atom. The van der Waals surface area contributed by atoms with Crippen molar-refractivity contribution in [1.82, 2.24) is 9.62 Å². The Labute approximate surface area is 169 Å². The van der Waals surface area contributed by atoms with Gasteiger partial charge < -0.3 is 10.2 Å². The van der Waals surface area contributed by atoms with Crippen molar-refractivity contribution in [2.45, 2.75) is 44.9 Å². The second-order valence-corrected chi connectivity index (χ2v) is 10.0. The van der Waals surface area contributed by atoms with Crippen LogP contribution >= 0.6 is 0 Å². The molecule has 7 heteroatoms. The zero-order chi connectivity index (χ0) is 19.8. The number of para-hydroxylation sites is 1. The zero-order valence-electron chi connectivity index (χ0n) is 16.7. The number of sulfonamides is 1. The summed E-state index contributed by atoms with van der Waals surface area (Å²) in [5.41, 5.74) is 1.13. The highest BCUT2D eigenvalue weighted by molar-refractivity contribution is 7.89. The maximum absolute atomic E-state index is 12.6. The first kappa shape index (κ1) is 21.1. The number of anilines is 1. The van der Waals surface area contributed by atoms with Gasteiger partial charge in [0.25, 0.3) is 0 Å². The van der Waals surface area contributed by atoms with E-state index in [1.165, 1.54) is 32.1 Å². The third-order valence-electron chi connectivity index (χ3n) is 5.94. The van der Waals surface area contributed by atoms with Crippen molar-refractivity contribution in [3.63, 3.8) is 0 Å². The van der Waals surface area contributed by atoms with Crippen LogP contribution in [0.2, 0.25) is 0 Å². The predicted molar refractivity (Wildman–Crippen MR) is 113 cm³/mol. The molecule has 1 amide bonds. The maximum Gasteiger partial charge on any atom is 0.220 e. The summed E-state index contributed by atoms with van der Waals surface area (Å²) in [5.74, 6) is 0.631. The van der Waals surface area contributed by atoms with Crippen molar-refractivity contribution in [3.8, 4) is 0 Å². The van der Waals surface area contributed by atoms with Crippen molar-refractivity contribution in [2.24, 2.45) is 5.92 Å². The summed E-state index contributed by atoms with van der Waals surface area (Å²) >= 11 is 0. The number of benzene rings is 1. The lowest BCUT2D eigenvalue weighted by Crippen LogP contribution is -2.50. The van der Waals surface area contributed by atoms with Crippen LogP contribution in [0.5, 0.6) is 0 Å². The van der Waals surface area contributed by atoms with Crippen LogP contribution in [0, 0.1) is 5.92 Å². The highest BCUT2D eigenvalue weighted by Crippen LogP contribution is 2.27. The van der Waals surface area contributed by atoms with Gasteiger partial charge in [0, 0.05) is 44.8 Å². The molecule has 0 aromatic heterocycles. The third kappa shape index (κ3) is 6.21. The lowest BCUT2D eigenvalue weighted by Gasteiger charge is -2.35. The molecular formula is C21H33N3O3S. The summed E-state index contributed by atoms with van der Waals surface area (Å²) in [7, 11) is -3.33. The summed E-state index contributed by atoms with van der Waals surface area (Å²) < 4.78 is 26.7. The number of carbonyl (C=O) groups is 1. The zero-order valence-corrected chi connectivity index (χ0v) is 17.5. The molecule has 28 heavy (non-hydrogen) atoms. The van der Waals surface area contributed by atoms with Gasteiger partial charge in [-0.1, -0.05) is 50.3 Å². The number of hydrogen-bond donors (Lipinski definition) is 1. The van der Waals surface area contributed by atoms with Gasteiger partial charge in [-0.3, -0.25) is 4.79 Å². The highest BCUT2D eigenvalue weighted by Gasteiger charge is 2.26. The molecule has 0 spiro atoms. The topological polar surface area (TPSA) is 69.7 Å². The van der Waals surface area contributed by atoms with Crippen molar-refractivity contribution < 1.29 is 13.2 Å². The van der Waals surface area contributed by atoms with E-state index < -0.39 is 10.0 Å². The largest absolute Gasteiger partial charge is 0.369 e. The van der Waals surface area contributed by atoms with E-state index in [1.54, 1.807) is 4.31 Å². The fourth-order valence-electron chi connectivity index (χ4n) is 4.21. The number of rotatable bonds is 8. The Hall–Kier alpha value is -1.60. The molecule has 1 heterocycles. The van der Waals surface area contributed by atoms with Gasteiger partial charge in [0.1, 0.15) is 0 Å². The van der Waals surface area contributed by atoms with Gasteiger partial charge in [-0.2, -0.15) is 4.31 Å². The summed E-state index contributed by atoms with van der Waals surface area (Å²) in [6.07, 6.45) is 7.79. The normalized spacial score (nSPS) is 19.5. The van der Waals surface area contributed by atoms with E-state index in [2.05, 4.69) is 10.2 Å². The molecule has 0 radical (unpaired) electrons. The van der Waals surface area contributed by atoms with Crippen LogP contribution in [-0.2, 0) is 14.8 Å². The number of nitrogens with one attached hydrogen (secondary N) is 1. The summed E-state index contributed by atoms with van der Waals surface area (Å²) in [6, 6.07) is 10.1. The van der Waals surface area contributed by atoms with E-state index >= 15 is 0 Å². The molecule has 1 aliphatic heterocycles. The van der Waals surface area contributed by atoms with Crippen LogP contribution in [0.15, 0.2) is 30.3 Å². The van der Waals surface area contributed by atoms with Crippen molar-refractivity contribution in [2.75, 3.05) is 43.4 Å². The number of amides is 1. The van der Waals surface area contributed by atoms with Gasteiger partial charge in [0.15, 0.2) is 0 Å². The SMILES string of the molecule is O=C(CCC1CCCCC1)NCCS(=O)(=O)N1CCN(c2ccccc2)CC1. The average Bonchev–Trinajstić information content (AvgIpc) is 2.74. The molecule has 1 aromatic carbocycles. The molecule has 1 N–H and O–H groups in total. The Morgan fingerprint density at radius 1 is 1.00 bits per heavy atom. The monoisotopic (exact) mass is 407 g/mol. The fourth-order valence-corrected chi connectivity index (χ4v) is 5.55. The quantitative estimate of drug-likeness (QED) is 0.719. The Balaban J connectivity index is 1.35. The van der Waals surface area contributed by atoms with E-state index in [1.807, 2.05) is 30.3 Å². The highest BCUT2D eigenvalue weighted by atomic mass is 32.2. The van der Waals surface area contributed by atoms with Gasteiger partial charge in [-0.15, -0.1) is 0 Å². The molecule has 1 saturated heterocycles. The molecule has 1 aliphatic carbocycles. The summed E-state index contributed by atoms with van der Waals surface area (Å²) in [4.78, 5) is 14.2. The molecule has 6 nitrogen and oxygen atoms in total. The minimum Gasteiger partial charge on any atom is -0.369 e. The molecule has 0 atom stereocenters. The van der Waals surface area contributed by atoms with Crippen LogP contribution in [0.1, 0.15) is 44.9 Å². The molecule has 1 saturated carbocycles. The molecule has 0 bridgehead atoms. The van der Waals surface area contributed by atoms with E-state index in [4.69, 9.17) is 0 Å². The van der Waals surface area contributed by atoms with E-state index in [0.717, 1.165) is 12.1 Å². The molecule has 2 aliphatic rings. The average molecular weight is 408 g/mol. The van der Waals surface area contributed by atoms with E-state index in [-0.39, 0.29) is 18.2 Å². The standard InChI is InChI=1S/C21H33N3O3S/c25-21(12-11-19-7-3-1-4-8-19)22-13-18-28(26,27)24-16-14-23(15-17-24)20-9-5-2-6-10-20/h2,5-6,9-10,19H,1,3-4,7-8,11-18H2,(H,22,25). The minimum atomic E-state index is -3.33. The lowest BCUT2D eigenvalue weighted by molar-refractivity contribution is -0.121. The van der Waals surface area contributed by atoms with E-state index in [0.29, 0.717) is 38.5 Å². The molecular weight excluding hydrogens is 374 g/mol. The Kier molecular flexibility index (Phi) is 7.73. The van der Waals surface area contributed by atoms with Gasteiger partial charge in [0.05, 0.1) is 5.75 Å². The Morgan fingerprint density at radius 2 is 1.68 bits per heavy atom. The van der Waals surface area contributed by atoms with Gasteiger partial charge in [-0.25, -0.2) is 8.42 Å². The van der Waals surface area contributed by atoms with Crippen LogP contribution < -0.4 is 10.2 Å². The molecule has 1 aromatic rings. The summed E-state index contributed by atoms with van der Waals surface area (Å²) in [6.45, 7) is 2.57. The molecule has 156 valence electrons.